The molecule has 0 aliphatic heterocycles. The molecule has 2 amide bonds. The number of rotatable bonds is 12. The van der Waals surface area contributed by atoms with Crippen LogP contribution in [-0.2, 0) is 39.0 Å². The van der Waals surface area contributed by atoms with Crippen LogP contribution in [0.4, 0.5) is 5.69 Å². The van der Waals surface area contributed by atoms with E-state index in [0.29, 0.717) is 12.1 Å². The van der Waals surface area contributed by atoms with Crippen molar-refractivity contribution in [2.45, 2.75) is 44.2 Å². The van der Waals surface area contributed by atoms with E-state index in [1.165, 1.54) is 16.3 Å². The van der Waals surface area contributed by atoms with Gasteiger partial charge in [0.25, 0.3) is 10.0 Å². The van der Waals surface area contributed by atoms with Crippen LogP contribution in [0.5, 0.6) is 0 Å². The van der Waals surface area contributed by atoms with Crippen molar-refractivity contribution >= 4 is 43.5 Å². The average molecular weight is 663 g/mol. The molecule has 0 aliphatic rings. The highest BCUT2D eigenvalue weighted by molar-refractivity contribution is 9.10. The summed E-state index contributed by atoms with van der Waals surface area (Å²) >= 11 is 3.45. The normalized spacial score (nSPS) is 11.9. The van der Waals surface area contributed by atoms with Gasteiger partial charge in [-0.1, -0.05) is 101 Å². The number of carbonyl (C=O) groups excluding carboxylic acids is 2. The molecule has 0 bridgehead atoms. The summed E-state index contributed by atoms with van der Waals surface area (Å²) in [5, 5.41) is 2.71. The third-order valence-corrected chi connectivity index (χ3v) is 9.62. The van der Waals surface area contributed by atoms with Gasteiger partial charge in [-0.05, 0) is 60.4 Å². The molecule has 1 N–H and O–H groups in total. The molecule has 0 saturated carbocycles. The van der Waals surface area contributed by atoms with Gasteiger partial charge in [-0.3, -0.25) is 13.9 Å². The predicted octanol–water partition coefficient (Wildman–Crippen LogP) is 5.90. The van der Waals surface area contributed by atoms with E-state index in [9.17, 15) is 18.0 Å². The Morgan fingerprint density at radius 3 is 2.09 bits per heavy atom. The fraction of sp³-hybridized carbons (Fsp3) is 0.235. The smallest absolute Gasteiger partial charge is 0.264 e. The van der Waals surface area contributed by atoms with Crippen LogP contribution in [0.25, 0.3) is 0 Å². The minimum Gasteiger partial charge on any atom is -0.357 e. The number of halogens is 1. The van der Waals surface area contributed by atoms with Gasteiger partial charge in [-0.15, -0.1) is 0 Å². The minimum atomic E-state index is -4.14. The van der Waals surface area contributed by atoms with Crippen LogP contribution in [0.1, 0.15) is 29.2 Å². The highest BCUT2D eigenvalue weighted by Gasteiger charge is 2.34. The Morgan fingerprint density at radius 1 is 0.837 bits per heavy atom. The maximum Gasteiger partial charge on any atom is 0.264 e. The van der Waals surface area contributed by atoms with Crippen molar-refractivity contribution < 1.29 is 18.0 Å². The average Bonchev–Trinajstić information content (AvgIpc) is 3.02. The number of anilines is 1. The zero-order chi connectivity index (χ0) is 31.0. The van der Waals surface area contributed by atoms with Gasteiger partial charge in [0.15, 0.2) is 0 Å². The van der Waals surface area contributed by atoms with Crippen molar-refractivity contribution in [3.63, 3.8) is 0 Å². The van der Waals surface area contributed by atoms with Gasteiger partial charge in [0, 0.05) is 24.5 Å². The number of nitrogens with one attached hydrogen (secondary N) is 1. The first-order valence-corrected chi connectivity index (χ1v) is 16.3. The zero-order valence-electron chi connectivity index (χ0n) is 24.5. The molecule has 1 atom stereocenters. The summed E-state index contributed by atoms with van der Waals surface area (Å²) in [6.45, 7) is 3.46. The lowest BCUT2D eigenvalue weighted by Gasteiger charge is -2.34. The van der Waals surface area contributed by atoms with Crippen molar-refractivity contribution in [2.75, 3.05) is 17.9 Å². The molecular weight excluding hydrogens is 626 g/mol. The summed E-state index contributed by atoms with van der Waals surface area (Å²) in [6, 6.07) is 29.9. The van der Waals surface area contributed by atoms with E-state index in [2.05, 4.69) is 21.2 Å². The number of carbonyl (C=O) groups is 2. The first-order chi connectivity index (χ1) is 20.6. The van der Waals surface area contributed by atoms with Gasteiger partial charge in [0.1, 0.15) is 12.6 Å². The van der Waals surface area contributed by atoms with Gasteiger partial charge >= 0.3 is 0 Å². The molecule has 4 aromatic rings. The number of sulfonamides is 1. The molecule has 1 unspecified atom stereocenters. The lowest BCUT2D eigenvalue weighted by Crippen LogP contribution is -2.53. The second kappa shape index (κ2) is 14.5. The lowest BCUT2D eigenvalue weighted by molar-refractivity contribution is -0.139. The quantitative estimate of drug-likeness (QED) is 0.205. The largest absolute Gasteiger partial charge is 0.357 e. The highest BCUT2D eigenvalue weighted by atomic mass is 79.9. The minimum absolute atomic E-state index is 0.0865. The number of likely N-dealkylation sites (N-methyl/N-ethyl adjacent to an activating group) is 1. The molecule has 0 aliphatic carbocycles. The van der Waals surface area contributed by atoms with E-state index in [1.54, 1.807) is 36.4 Å². The van der Waals surface area contributed by atoms with E-state index in [4.69, 9.17) is 0 Å². The van der Waals surface area contributed by atoms with Gasteiger partial charge in [-0.25, -0.2) is 8.42 Å². The van der Waals surface area contributed by atoms with E-state index >= 15 is 0 Å². The first kappa shape index (κ1) is 32.0. The highest BCUT2D eigenvalue weighted by Crippen LogP contribution is 2.29. The first-order valence-electron chi connectivity index (χ1n) is 14.1. The SMILES string of the molecule is CCc1ccccc1N(CC(=O)N(Cc1ccc(Br)cc1)C(Cc1ccccc1)C(=O)NC)S(=O)(=O)c1ccc(C)cc1. The fourth-order valence-corrected chi connectivity index (χ4v) is 6.63. The van der Waals surface area contributed by atoms with E-state index in [0.717, 1.165) is 26.7 Å². The molecule has 43 heavy (non-hydrogen) atoms. The van der Waals surface area contributed by atoms with E-state index < -0.39 is 28.5 Å². The van der Waals surface area contributed by atoms with Gasteiger partial charge in [0.05, 0.1) is 10.6 Å². The number of amides is 2. The molecule has 224 valence electrons. The Kier molecular flexibility index (Phi) is 10.8. The molecular formula is C34H36BrN3O4S. The number of para-hydroxylation sites is 1. The zero-order valence-corrected chi connectivity index (χ0v) is 26.9. The van der Waals surface area contributed by atoms with Crippen LogP contribution in [0.3, 0.4) is 0 Å². The van der Waals surface area contributed by atoms with Gasteiger partial charge in [-0.2, -0.15) is 0 Å². The monoisotopic (exact) mass is 661 g/mol. The molecule has 7 nitrogen and oxygen atoms in total. The van der Waals surface area contributed by atoms with Gasteiger partial charge < -0.3 is 10.2 Å². The standard InChI is InChI=1S/C34H36BrN3O4S/c1-4-28-12-8-9-13-31(28)38(43(41,42)30-20-14-25(2)15-21-30)24-33(39)37(23-27-16-18-29(35)19-17-27)32(34(40)36-3)22-26-10-6-5-7-11-26/h5-21,32H,4,22-24H2,1-3H3,(H,36,40). The van der Waals surface area contributed by atoms with Crippen LogP contribution in [0.15, 0.2) is 112 Å². The van der Waals surface area contributed by atoms with E-state index in [-0.39, 0.29) is 23.8 Å². The third kappa shape index (κ3) is 7.91. The molecule has 9 heteroatoms. The molecule has 4 rings (SSSR count). The molecule has 0 fully saturated rings. The van der Waals surface area contributed by atoms with Crippen LogP contribution < -0.4 is 9.62 Å². The summed E-state index contributed by atoms with van der Waals surface area (Å²) in [7, 11) is -2.61. The Bertz CT molecular complexity index is 1640. The lowest BCUT2D eigenvalue weighted by atomic mass is 10.0. The Balaban J connectivity index is 1.81. The summed E-state index contributed by atoms with van der Waals surface area (Å²) < 4.78 is 30.4. The Hall–Kier alpha value is -3.95. The van der Waals surface area contributed by atoms with Crippen molar-refractivity contribution in [1.82, 2.24) is 10.2 Å². The van der Waals surface area contributed by atoms with Crippen molar-refractivity contribution in [3.05, 3.63) is 130 Å². The molecule has 0 saturated heterocycles. The third-order valence-electron chi connectivity index (χ3n) is 7.31. The van der Waals surface area contributed by atoms with Crippen LogP contribution >= 0.6 is 15.9 Å². The van der Waals surface area contributed by atoms with Crippen LogP contribution in [0, 0.1) is 6.92 Å². The second-order valence-corrected chi connectivity index (χ2v) is 13.1. The van der Waals surface area contributed by atoms with Crippen LogP contribution in [-0.4, -0.2) is 44.8 Å². The number of hydrogen-bond acceptors (Lipinski definition) is 4. The number of aryl methyl sites for hydroxylation is 2. The number of hydrogen-bond donors (Lipinski definition) is 1. The molecule has 4 aromatic carbocycles. The summed E-state index contributed by atoms with van der Waals surface area (Å²) in [4.78, 5) is 29.4. The number of benzene rings is 4. The summed E-state index contributed by atoms with van der Waals surface area (Å²) in [5.41, 5.74) is 3.83. The number of nitrogens with zero attached hydrogens (tertiary/aromatic N) is 2. The Morgan fingerprint density at radius 2 is 1.47 bits per heavy atom. The van der Waals surface area contributed by atoms with Crippen LogP contribution in [0.2, 0.25) is 0 Å². The maximum absolute atomic E-state index is 14.4. The van der Waals surface area contributed by atoms with Gasteiger partial charge in [0.2, 0.25) is 11.8 Å². The molecule has 0 heterocycles. The Labute approximate surface area is 262 Å². The predicted molar refractivity (Wildman–Crippen MR) is 174 cm³/mol. The van der Waals surface area contributed by atoms with E-state index in [1.807, 2.05) is 80.6 Å². The molecule has 0 spiro atoms. The fourth-order valence-electron chi connectivity index (χ4n) is 4.91. The summed E-state index contributed by atoms with van der Waals surface area (Å²) in [6.07, 6.45) is 0.834. The second-order valence-electron chi connectivity index (χ2n) is 10.3. The molecule has 0 radical (unpaired) electrons. The van der Waals surface area contributed by atoms with Crippen molar-refractivity contribution in [3.8, 4) is 0 Å². The van der Waals surface area contributed by atoms with Crippen molar-refractivity contribution in [1.29, 1.82) is 0 Å². The maximum atomic E-state index is 14.4. The topological polar surface area (TPSA) is 86.8 Å². The summed E-state index contributed by atoms with van der Waals surface area (Å²) in [5.74, 6) is -0.828. The van der Waals surface area contributed by atoms with Crippen molar-refractivity contribution in [2.24, 2.45) is 0 Å². The molecule has 0 aromatic heterocycles.